The molecule has 1 amide bonds. The number of carbonyl (C=O) groups excluding carboxylic acids is 1. The summed E-state index contributed by atoms with van der Waals surface area (Å²) in [4.78, 5) is 13.8. The number of benzene rings is 1. The van der Waals surface area contributed by atoms with Crippen LogP contribution in [0.25, 0.3) is 0 Å². The van der Waals surface area contributed by atoms with E-state index in [1.807, 2.05) is 13.8 Å². The molecule has 0 aliphatic heterocycles. The van der Waals surface area contributed by atoms with Crippen LogP contribution in [0, 0.1) is 5.82 Å². The van der Waals surface area contributed by atoms with E-state index in [2.05, 4.69) is 0 Å². The third kappa shape index (κ3) is 4.11. The number of carbonyl (C=O) groups is 1. The maximum Gasteiger partial charge on any atom is 0.227 e. The van der Waals surface area contributed by atoms with Crippen LogP contribution in [-0.2, 0) is 11.2 Å². The van der Waals surface area contributed by atoms with Gasteiger partial charge in [0.05, 0.1) is 6.42 Å². The third-order valence-corrected chi connectivity index (χ3v) is 2.80. The van der Waals surface area contributed by atoms with Gasteiger partial charge in [0, 0.05) is 19.2 Å². The molecule has 0 saturated carbocycles. The molecular formula is C14H20FNO2. The minimum Gasteiger partial charge on any atom is -0.396 e. The van der Waals surface area contributed by atoms with Gasteiger partial charge in [0.25, 0.3) is 0 Å². The number of nitrogens with zero attached hydrogens (tertiary/aromatic N) is 1. The fourth-order valence-corrected chi connectivity index (χ4v) is 1.82. The fourth-order valence-electron chi connectivity index (χ4n) is 1.82. The molecule has 18 heavy (non-hydrogen) atoms. The molecule has 100 valence electrons. The van der Waals surface area contributed by atoms with Crippen molar-refractivity contribution in [2.24, 2.45) is 0 Å². The van der Waals surface area contributed by atoms with Crippen molar-refractivity contribution in [3.63, 3.8) is 0 Å². The van der Waals surface area contributed by atoms with Gasteiger partial charge in [-0.2, -0.15) is 0 Å². The number of aliphatic hydroxyl groups excluding tert-OH is 1. The summed E-state index contributed by atoms with van der Waals surface area (Å²) in [6, 6.07) is 6.36. The van der Waals surface area contributed by atoms with Crippen molar-refractivity contribution in [1.29, 1.82) is 0 Å². The zero-order valence-electron chi connectivity index (χ0n) is 10.9. The number of halogens is 1. The van der Waals surface area contributed by atoms with Crippen LogP contribution in [0.1, 0.15) is 25.8 Å². The van der Waals surface area contributed by atoms with E-state index in [9.17, 15) is 9.18 Å². The number of rotatable bonds is 6. The highest BCUT2D eigenvalue weighted by molar-refractivity contribution is 5.79. The van der Waals surface area contributed by atoms with Crippen molar-refractivity contribution in [3.05, 3.63) is 35.6 Å². The summed E-state index contributed by atoms with van der Waals surface area (Å²) < 4.78 is 13.5. The third-order valence-electron chi connectivity index (χ3n) is 2.80. The highest BCUT2D eigenvalue weighted by atomic mass is 19.1. The van der Waals surface area contributed by atoms with Crippen LogP contribution in [0.3, 0.4) is 0 Å². The molecule has 0 atom stereocenters. The number of amides is 1. The standard InChI is InChI=1S/C14H20FNO2/c1-11(2)16(8-5-9-17)14(18)10-12-6-3-4-7-13(12)15/h3-4,6-7,11,17H,5,8-10H2,1-2H3. The number of hydrogen-bond acceptors (Lipinski definition) is 2. The largest absolute Gasteiger partial charge is 0.396 e. The first kappa shape index (κ1) is 14.6. The lowest BCUT2D eigenvalue weighted by molar-refractivity contribution is -0.132. The first-order valence-corrected chi connectivity index (χ1v) is 6.20. The summed E-state index contributed by atoms with van der Waals surface area (Å²) in [5, 5.41) is 8.81. The average molecular weight is 253 g/mol. The van der Waals surface area contributed by atoms with Crippen molar-refractivity contribution in [2.45, 2.75) is 32.7 Å². The van der Waals surface area contributed by atoms with E-state index in [1.165, 1.54) is 6.07 Å². The van der Waals surface area contributed by atoms with Crippen molar-refractivity contribution in [2.75, 3.05) is 13.2 Å². The van der Waals surface area contributed by atoms with E-state index in [-0.39, 0.29) is 30.8 Å². The summed E-state index contributed by atoms with van der Waals surface area (Å²) in [6.45, 7) is 4.38. The summed E-state index contributed by atoms with van der Waals surface area (Å²) in [7, 11) is 0. The molecule has 1 aromatic rings. The van der Waals surface area contributed by atoms with Crippen LogP contribution in [0.15, 0.2) is 24.3 Å². The Morgan fingerprint density at radius 1 is 1.39 bits per heavy atom. The van der Waals surface area contributed by atoms with Gasteiger partial charge in [0.1, 0.15) is 5.82 Å². The lowest BCUT2D eigenvalue weighted by Gasteiger charge is -2.26. The van der Waals surface area contributed by atoms with E-state index in [0.29, 0.717) is 18.5 Å². The Kier molecular flexibility index (Phi) is 5.78. The fraction of sp³-hybridized carbons (Fsp3) is 0.500. The Morgan fingerprint density at radius 3 is 2.61 bits per heavy atom. The molecule has 0 heterocycles. The molecule has 0 aliphatic carbocycles. The van der Waals surface area contributed by atoms with Crippen LogP contribution in [0.4, 0.5) is 4.39 Å². The Morgan fingerprint density at radius 2 is 2.06 bits per heavy atom. The summed E-state index contributed by atoms with van der Waals surface area (Å²) in [5.41, 5.74) is 0.414. The van der Waals surface area contributed by atoms with Crippen LogP contribution >= 0.6 is 0 Å². The van der Waals surface area contributed by atoms with Gasteiger partial charge in [0.2, 0.25) is 5.91 Å². The van der Waals surface area contributed by atoms with E-state index >= 15 is 0 Å². The van der Waals surface area contributed by atoms with Crippen molar-refractivity contribution in [1.82, 2.24) is 4.90 Å². The zero-order valence-corrected chi connectivity index (χ0v) is 10.9. The molecule has 3 nitrogen and oxygen atoms in total. The number of aliphatic hydroxyl groups is 1. The second-order valence-corrected chi connectivity index (χ2v) is 4.53. The molecule has 4 heteroatoms. The van der Waals surface area contributed by atoms with Crippen molar-refractivity contribution >= 4 is 5.91 Å². The predicted molar refractivity (Wildman–Crippen MR) is 68.7 cm³/mol. The SMILES string of the molecule is CC(C)N(CCCO)C(=O)Cc1ccccc1F. The molecule has 0 unspecified atom stereocenters. The zero-order chi connectivity index (χ0) is 13.5. The van der Waals surface area contributed by atoms with Crippen molar-refractivity contribution < 1.29 is 14.3 Å². The molecular weight excluding hydrogens is 233 g/mol. The molecule has 0 aromatic heterocycles. The molecule has 1 N–H and O–H groups in total. The lowest BCUT2D eigenvalue weighted by atomic mass is 10.1. The lowest BCUT2D eigenvalue weighted by Crippen LogP contribution is -2.39. The van der Waals surface area contributed by atoms with Crippen molar-refractivity contribution in [3.8, 4) is 0 Å². The normalized spacial score (nSPS) is 10.7. The Balaban J connectivity index is 2.70. The van der Waals surface area contributed by atoms with Gasteiger partial charge in [-0.1, -0.05) is 18.2 Å². The minimum atomic E-state index is -0.350. The van der Waals surface area contributed by atoms with Gasteiger partial charge in [0.15, 0.2) is 0 Å². The quantitative estimate of drug-likeness (QED) is 0.842. The van der Waals surface area contributed by atoms with Crippen LogP contribution < -0.4 is 0 Å². The summed E-state index contributed by atoms with van der Waals surface area (Å²) in [6.07, 6.45) is 0.609. The molecule has 0 fully saturated rings. The Labute approximate surface area is 107 Å². The molecule has 0 bridgehead atoms. The second-order valence-electron chi connectivity index (χ2n) is 4.53. The minimum absolute atomic E-state index is 0.0517. The Bertz CT molecular complexity index is 393. The van der Waals surface area contributed by atoms with Gasteiger partial charge in [-0.3, -0.25) is 4.79 Å². The van der Waals surface area contributed by atoms with E-state index in [0.717, 1.165) is 0 Å². The van der Waals surface area contributed by atoms with Gasteiger partial charge >= 0.3 is 0 Å². The first-order valence-electron chi connectivity index (χ1n) is 6.20. The molecule has 0 saturated heterocycles. The second kappa shape index (κ2) is 7.11. The van der Waals surface area contributed by atoms with Gasteiger partial charge in [-0.25, -0.2) is 4.39 Å². The average Bonchev–Trinajstić information content (AvgIpc) is 2.32. The Hall–Kier alpha value is -1.42. The highest BCUT2D eigenvalue weighted by Gasteiger charge is 2.17. The van der Waals surface area contributed by atoms with E-state index < -0.39 is 0 Å². The molecule has 1 rings (SSSR count). The molecule has 0 radical (unpaired) electrons. The predicted octanol–water partition coefficient (Wildman–Crippen LogP) is 1.99. The molecule has 0 spiro atoms. The molecule has 0 aliphatic rings. The van der Waals surface area contributed by atoms with Gasteiger partial charge in [-0.15, -0.1) is 0 Å². The summed E-state index contributed by atoms with van der Waals surface area (Å²) in [5.74, 6) is -0.458. The summed E-state index contributed by atoms with van der Waals surface area (Å²) >= 11 is 0. The molecule has 1 aromatic carbocycles. The van der Waals surface area contributed by atoms with Gasteiger partial charge in [-0.05, 0) is 31.9 Å². The monoisotopic (exact) mass is 253 g/mol. The topological polar surface area (TPSA) is 40.5 Å². The van der Waals surface area contributed by atoms with Crippen LogP contribution in [0.2, 0.25) is 0 Å². The number of hydrogen-bond donors (Lipinski definition) is 1. The van der Waals surface area contributed by atoms with Crippen LogP contribution in [-0.4, -0.2) is 35.1 Å². The smallest absolute Gasteiger partial charge is 0.227 e. The highest BCUT2D eigenvalue weighted by Crippen LogP contribution is 2.10. The van der Waals surface area contributed by atoms with Gasteiger partial charge < -0.3 is 10.0 Å². The van der Waals surface area contributed by atoms with E-state index in [4.69, 9.17) is 5.11 Å². The van der Waals surface area contributed by atoms with E-state index in [1.54, 1.807) is 23.1 Å². The maximum atomic E-state index is 13.5. The first-order chi connectivity index (χ1) is 8.56. The van der Waals surface area contributed by atoms with Crippen LogP contribution in [0.5, 0.6) is 0 Å². The maximum absolute atomic E-state index is 13.5.